The smallest absolute Gasteiger partial charge is 0.120 e. The minimum absolute atomic E-state index is 0.173. The highest BCUT2D eigenvalue weighted by atomic mass is 15.2. The summed E-state index contributed by atoms with van der Waals surface area (Å²) >= 11 is 0. The lowest BCUT2D eigenvalue weighted by molar-refractivity contribution is 0.189. The quantitative estimate of drug-likeness (QED) is 0.733. The molecule has 0 aliphatic heterocycles. The van der Waals surface area contributed by atoms with E-state index < -0.39 is 0 Å². The van der Waals surface area contributed by atoms with Crippen molar-refractivity contribution in [3.05, 3.63) is 18.2 Å². The fourth-order valence-electron chi connectivity index (χ4n) is 1.04. The summed E-state index contributed by atoms with van der Waals surface area (Å²) in [5.41, 5.74) is 0.173. The topological polar surface area (TPSA) is 44.0 Å². The molecule has 1 aromatic rings. The van der Waals surface area contributed by atoms with Gasteiger partial charge >= 0.3 is 0 Å². The maximum atomic E-state index is 4.15. The van der Waals surface area contributed by atoms with E-state index in [9.17, 15) is 0 Å². The van der Waals surface area contributed by atoms with Gasteiger partial charge in [-0.3, -0.25) is 0 Å². The van der Waals surface area contributed by atoms with E-state index in [1.165, 1.54) is 0 Å². The number of nitrogens with zero attached hydrogens (tertiary/aromatic N) is 2. The molecule has 0 saturated carbocycles. The van der Waals surface area contributed by atoms with Crippen LogP contribution in [0.15, 0.2) is 12.4 Å². The van der Waals surface area contributed by atoms with Crippen LogP contribution in [0.25, 0.3) is 0 Å². The van der Waals surface area contributed by atoms with E-state index in [1.54, 1.807) is 6.20 Å². The average molecular weight is 196 g/mol. The molecule has 0 spiro atoms. The lowest BCUT2D eigenvalue weighted by Gasteiger charge is -2.32. The Balaban J connectivity index is 2.28. The zero-order chi connectivity index (χ0) is 10.6. The molecule has 80 valence electrons. The van der Waals surface area contributed by atoms with Crippen molar-refractivity contribution in [1.82, 2.24) is 20.2 Å². The SMILES string of the molecule is CN(C)C(C)(C)CNCc1ncc[nH]1. The van der Waals surface area contributed by atoms with E-state index in [2.05, 4.69) is 48.1 Å². The van der Waals surface area contributed by atoms with Gasteiger partial charge in [0.25, 0.3) is 0 Å². The molecule has 2 N–H and O–H groups in total. The maximum Gasteiger partial charge on any atom is 0.120 e. The third-order valence-corrected chi connectivity index (χ3v) is 2.62. The van der Waals surface area contributed by atoms with Gasteiger partial charge in [0, 0.05) is 24.5 Å². The Morgan fingerprint density at radius 2 is 2.21 bits per heavy atom. The van der Waals surface area contributed by atoms with Crippen LogP contribution in [0.3, 0.4) is 0 Å². The van der Waals surface area contributed by atoms with Crippen molar-refractivity contribution in [2.45, 2.75) is 25.9 Å². The minimum atomic E-state index is 0.173. The van der Waals surface area contributed by atoms with Crippen LogP contribution in [0.5, 0.6) is 0 Å². The van der Waals surface area contributed by atoms with Crippen LogP contribution in [0.4, 0.5) is 0 Å². The van der Waals surface area contributed by atoms with Crippen LogP contribution in [0, 0.1) is 0 Å². The predicted octanol–water partition coefficient (Wildman–Crippen LogP) is 0.839. The van der Waals surface area contributed by atoms with Crippen molar-refractivity contribution in [1.29, 1.82) is 0 Å². The summed E-state index contributed by atoms with van der Waals surface area (Å²) in [5.74, 6) is 0.986. The van der Waals surface area contributed by atoms with Crippen molar-refractivity contribution in [2.75, 3.05) is 20.6 Å². The first kappa shape index (κ1) is 11.2. The number of imidazole rings is 1. The van der Waals surface area contributed by atoms with Crippen molar-refractivity contribution in [3.63, 3.8) is 0 Å². The molecule has 0 radical (unpaired) electrons. The second-order valence-electron chi connectivity index (χ2n) is 4.35. The summed E-state index contributed by atoms with van der Waals surface area (Å²) in [4.78, 5) is 9.42. The monoisotopic (exact) mass is 196 g/mol. The van der Waals surface area contributed by atoms with Crippen molar-refractivity contribution in [3.8, 4) is 0 Å². The molecule has 0 aliphatic rings. The van der Waals surface area contributed by atoms with E-state index in [0.717, 1.165) is 18.9 Å². The number of aromatic amines is 1. The van der Waals surface area contributed by atoms with Gasteiger partial charge in [0.05, 0.1) is 6.54 Å². The van der Waals surface area contributed by atoms with Gasteiger partial charge in [-0.25, -0.2) is 4.98 Å². The molecule has 0 atom stereocenters. The van der Waals surface area contributed by atoms with Crippen molar-refractivity contribution in [2.24, 2.45) is 0 Å². The first-order valence-electron chi connectivity index (χ1n) is 4.89. The molecule has 1 rings (SSSR count). The van der Waals surface area contributed by atoms with Gasteiger partial charge in [-0.1, -0.05) is 0 Å². The van der Waals surface area contributed by atoms with Crippen LogP contribution in [0.2, 0.25) is 0 Å². The number of aromatic nitrogens is 2. The molecular weight excluding hydrogens is 176 g/mol. The van der Waals surface area contributed by atoms with E-state index in [4.69, 9.17) is 0 Å². The van der Waals surface area contributed by atoms with Gasteiger partial charge in [-0.15, -0.1) is 0 Å². The van der Waals surface area contributed by atoms with Gasteiger partial charge in [0.15, 0.2) is 0 Å². The predicted molar refractivity (Wildman–Crippen MR) is 58.1 cm³/mol. The Morgan fingerprint density at radius 3 is 2.71 bits per heavy atom. The minimum Gasteiger partial charge on any atom is -0.348 e. The van der Waals surface area contributed by atoms with Crippen LogP contribution >= 0.6 is 0 Å². The summed E-state index contributed by atoms with van der Waals surface area (Å²) < 4.78 is 0. The highest BCUT2D eigenvalue weighted by molar-refractivity contribution is 4.87. The van der Waals surface area contributed by atoms with Gasteiger partial charge < -0.3 is 15.2 Å². The maximum absolute atomic E-state index is 4.15. The molecular formula is C10H20N4. The number of rotatable bonds is 5. The second-order valence-corrected chi connectivity index (χ2v) is 4.35. The Labute approximate surface area is 85.7 Å². The number of likely N-dealkylation sites (N-methyl/N-ethyl adjacent to an activating group) is 1. The normalized spacial score (nSPS) is 12.4. The number of hydrogen-bond acceptors (Lipinski definition) is 3. The average Bonchev–Trinajstić information content (AvgIpc) is 2.56. The number of hydrogen-bond donors (Lipinski definition) is 2. The Kier molecular flexibility index (Phi) is 3.66. The molecule has 1 heterocycles. The molecule has 1 aromatic heterocycles. The van der Waals surface area contributed by atoms with Crippen LogP contribution in [-0.4, -0.2) is 41.0 Å². The molecule has 0 aromatic carbocycles. The fourth-order valence-corrected chi connectivity index (χ4v) is 1.04. The first-order valence-corrected chi connectivity index (χ1v) is 4.89. The first-order chi connectivity index (χ1) is 6.52. The van der Waals surface area contributed by atoms with Crippen molar-refractivity contribution < 1.29 is 0 Å². The summed E-state index contributed by atoms with van der Waals surface area (Å²) in [5, 5.41) is 3.37. The summed E-state index contributed by atoms with van der Waals surface area (Å²) in [7, 11) is 4.18. The lowest BCUT2D eigenvalue weighted by atomic mass is 10.0. The zero-order valence-electron chi connectivity index (χ0n) is 9.46. The fraction of sp³-hybridized carbons (Fsp3) is 0.700. The van der Waals surface area contributed by atoms with E-state index >= 15 is 0 Å². The Hall–Kier alpha value is -0.870. The summed E-state index contributed by atoms with van der Waals surface area (Å²) in [6.45, 7) is 6.16. The van der Waals surface area contributed by atoms with Gasteiger partial charge in [0.1, 0.15) is 5.82 Å². The van der Waals surface area contributed by atoms with E-state index in [0.29, 0.717) is 0 Å². The third-order valence-electron chi connectivity index (χ3n) is 2.62. The standard InChI is InChI=1S/C10H20N4/c1-10(2,14(3)4)8-11-7-9-12-5-6-13-9/h5-6,11H,7-8H2,1-4H3,(H,12,13). The van der Waals surface area contributed by atoms with Crippen LogP contribution in [-0.2, 0) is 6.54 Å². The second kappa shape index (κ2) is 4.57. The zero-order valence-corrected chi connectivity index (χ0v) is 9.46. The van der Waals surface area contributed by atoms with Gasteiger partial charge in [-0.2, -0.15) is 0 Å². The van der Waals surface area contributed by atoms with Crippen LogP contribution < -0.4 is 5.32 Å². The Bertz CT molecular complexity index is 251. The molecule has 0 fully saturated rings. The molecule has 0 unspecified atom stereocenters. The van der Waals surface area contributed by atoms with Crippen LogP contribution in [0.1, 0.15) is 19.7 Å². The van der Waals surface area contributed by atoms with Crippen molar-refractivity contribution >= 4 is 0 Å². The molecule has 0 saturated heterocycles. The molecule has 0 bridgehead atoms. The van der Waals surface area contributed by atoms with Gasteiger partial charge in [-0.05, 0) is 27.9 Å². The number of nitrogens with one attached hydrogen (secondary N) is 2. The Morgan fingerprint density at radius 1 is 1.50 bits per heavy atom. The summed E-state index contributed by atoms with van der Waals surface area (Å²) in [6.07, 6.45) is 3.61. The third kappa shape index (κ3) is 3.12. The molecule has 0 amide bonds. The molecule has 4 nitrogen and oxygen atoms in total. The number of H-pyrrole nitrogens is 1. The van der Waals surface area contributed by atoms with E-state index in [1.807, 2.05) is 6.20 Å². The molecule has 14 heavy (non-hydrogen) atoms. The molecule has 4 heteroatoms. The van der Waals surface area contributed by atoms with E-state index in [-0.39, 0.29) is 5.54 Å². The lowest BCUT2D eigenvalue weighted by Crippen LogP contribution is -2.46. The largest absolute Gasteiger partial charge is 0.348 e. The van der Waals surface area contributed by atoms with Gasteiger partial charge in [0.2, 0.25) is 0 Å². The summed E-state index contributed by atoms with van der Waals surface area (Å²) in [6, 6.07) is 0. The molecule has 0 aliphatic carbocycles. The highest BCUT2D eigenvalue weighted by Crippen LogP contribution is 2.07. The highest BCUT2D eigenvalue weighted by Gasteiger charge is 2.19.